The summed E-state index contributed by atoms with van der Waals surface area (Å²) in [5.74, 6) is 0.171. The molecular weight excluding hydrogens is 413 g/mol. The van der Waals surface area contributed by atoms with Crippen molar-refractivity contribution in [1.82, 2.24) is 15.6 Å². The molecule has 5 rings (SSSR count). The van der Waals surface area contributed by atoms with E-state index in [2.05, 4.69) is 15.6 Å². The first kappa shape index (κ1) is 20.0. The quantitative estimate of drug-likeness (QED) is 0.728. The zero-order chi connectivity index (χ0) is 20.8. The minimum Gasteiger partial charge on any atom is -0.484 e. The second-order valence-electron chi connectivity index (χ2n) is 8.04. The van der Waals surface area contributed by atoms with E-state index in [1.807, 2.05) is 19.9 Å². The van der Waals surface area contributed by atoms with Gasteiger partial charge in [0.1, 0.15) is 5.75 Å². The van der Waals surface area contributed by atoms with Gasteiger partial charge in [-0.05, 0) is 57.4 Å². The monoisotopic (exact) mass is 433 g/mol. The van der Waals surface area contributed by atoms with Crippen LogP contribution in [0.3, 0.4) is 0 Å². The summed E-state index contributed by atoms with van der Waals surface area (Å²) in [5, 5.41) is 6.95. The van der Waals surface area contributed by atoms with Gasteiger partial charge in [0.2, 0.25) is 0 Å². The Morgan fingerprint density at radius 3 is 2.38 bits per heavy atom. The fourth-order valence-electron chi connectivity index (χ4n) is 4.34. The Kier molecular flexibility index (Phi) is 4.95. The Morgan fingerprint density at radius 2 is 1.72 bits per heavy atom. The highest BCUT2D eigenvalue weighted by atomic mass is 35.5. The third-order valence-electron chi connectivity index (χ3n) is 5.54. The lowest BCUT2D eigenvalue weighted by molar-refractivity contribution is -0.141. The van der Waals surface area contributed by atoms with Crippen LogP contribution in [0, 0.1) is 13.8 Å². The molecule has 6 nitrogen and oxygen atoms in total. The molecule has 0 radical (unpaired) electrons. The van der Waals surface area contributed by atoms with E-state index in [1.54, 1.807) is 24.3 Å². The number of hydrogen-bond acceptors (Lipinski definition) is 4. The molecule has 1 aromatic heterocycles. The van der Waals surface area contributed by atoms with Crippen LogP contribution in [0.4, 0.5) is 0 Å². The van der Waals surface area contributed by atoms with Gasteiger partial charge < -0.3 is 15.4 Å². The van der Waals surface area contributed by atoms with Gasteiger partial charge in [0.15, 0.2) is 6.61 Å². The molecule has 3 aliphatic rings. The average Bonchev–Trinajstić information content (AvgIpc) is 2.59. The Labute approximate surface area is 178 Å². The second kappa shape index (κ2) is 7.18. The molecule has 3 fully saturated rings. The van der Waals surface area contributed by atoms with Gasteiger partial charge in [0.05, 0.1) is 21.3 Å². The molecule has 2 N–H and O–H groups in total. The molecule has 29 heavy (non-hydrogen) atoms. The topological polar surface area (TPSA) is 80.3 Å². The first-order valence-corrected chi connectivity index (χ1v) is 10.1. The van der Waals surface area contributed by atoms with E-state index in [0.29, 0.717) is 21.4 Å². The zero-order valence-corrected chi connectivity index (χ0v) is 17.7. The van der Waals surface area contributed by atoms with Crippen LogP contribution in [0.15, 0.2) is 30.3 Å². The molecule has 0 saturated heterocycles. The minimum atomic E-state index is -0.244. The van der Waals surface area contributed by atoms with Crippen LogP contribution in [0.2, 0.25) is 10.0 Å². The molecule has 2 amide bonds. The van der Waals surface area contributed by atoms with Crippen LogP contribution < -0.4 is 15.4 Å². The summed E-state index contributed by atoms with van der Waals surface area (Å²) in [6.07, 6.45) is 2.17. The van der Waals surface area contributed by atoms with E-state index >= 15 is 0 Å². The predicted molar refractivity (Wildman–Crippen MR) is 111 cm³/mol. The number of aryl methyl sites for hydroxylation is 2. The van der Waals surface area contributed by atoms with Gasteiger partial charge in [0, 0.05) is 22.8 Å². The van der Waals surface area contributed by atoms with Gasteiger partial charge in [-0.1, -0.05) is 23.2 Å². The Morgan fingerprint density at radius 1 is 1.03 bits per heavy atom. The standard InChI is InChI=1S/C21H21Cl2N3O3/c1-12-3-5-15(13(2)24-12)19(28)26-21-9-20(10-21,11-21)25-18(27)8-29-14-4-6-16(22)17(23)7-14/h3-7H,8-11H2,1-2H3,(H,25,27)(H,26,28). The third kappa shape index (κ3) is 3.91. The van der Waals surface area contributed by atoms with E-state index < -0.39 is 0 Å². The van der Waals surface area contributed by atoms with Gasteiger partial charge in [-0.15, -0.1) is 0 Å². The number of pyridine rings is 1. The fraction of sp³-hybridized carbons (Fsp3) is 0.381. The molecule has 3 saturated carbocycles. The van der Waals surface area contributed by atoms with Gasteiger partial charge in [-0.3, -0.25) is 14.6 Å². The Bertz CT molecular complexity index is 989. The van der Waals surface area contributed by atoms with Crippen molar-refractivity contribution in [2.45, 2.75) is 44.2 Å². The van der Waals surface area contributed by atoms with Crippen molar-refractivity contribution in [3.05, 3.63) is 57.3 Å². The highest BCUT2D eigenvalue weighted by molar-refractivity contribution is 6.42. The number of benzene rings is 1. The number of hydrogen-bond donors (Lipinski definition) is 2. The molecule has 0 atom stereocenters. The smallest absolute Gasteiger partial charge is 0.258 e. The summed E-state index contributed by atoms with van der Waals surface area (Å²) in [6, 6.07) is 8.49. The van der Waals surface area contributed by atoms with Crippen molar-refractivity contribution in [3.63, 3.8) is 0 Å². The van der Waals surface area contributed by atoms with Crippen LogP contribution >= 0.6 is 23.2 Å². The maximum Gasteiger partial charge on any atom is 0.258 e. The first-order chi connectivity index (χ1) is 13.7. The van der Waals surface area contributed by atoms with Gasteiger partial charge >= 0.3 is 0 Å². The number of carbonyl (C=O) groups is 2. The number of ether oxygens (including phenoxy) is 1. The number of nitrogens with zero attached hydrogens (tertiary/aromatic N) is 1. The summed E-state index contributed by atoms with van der Waals surface area (Å²) in [4.78, 5) is 29.1. The normalized spacial score (nSPS) is 24.1. The predicted octanol–water partition coefficient (Wildman–Crippen LogP) is 3.61. The summed E-state index contributed by atoms with van der Waals surface area (Å²) in [6.45, 7) is 3.63. The second-order valence-corrected chi connectivity index (χ2v) is 8.86. The van der Waals surface area contributed by atoms with Crippen molar-refractivity contribution in [3.8, 4) is 5.75 Å². The number of aromatic nitrogens is 1. The lowest BCUT2D eigenvalue weighted by Crippen LogP contribution is -2.84. The minimum absolute atomic E-state index is 0.104. The summed E-state index contributed by atoms with van der Waals surface area (Å²) < 4.78 is 5.47. The summed E-state index contributed by atoms with van der Waals surface area (Å²) >= 11 is 11.8. The molecular formula is C21H21Cl2N3O3. The summed E-state index contributed by atoms with van der Waals surface area (Å²) in [7, 11) is 0. The molecule has 8 heteroatoms. The molecule has 1 heterocycles. The summed E-state index contributed by atoms with van der Waals surface area (Å²) in [5.41, 5.74) is 1.72. The number of rotatable bonds is 6. The van der Waals surface area contributed by atoms with Crippen LogP contribution in [-0.4, -0.2) is 34.5 Å². The van der Waals surface area contributed by atoms with Gasteiger partial charge in [0.25, 0.3) is 11.8 Å². The number of nitrogens with one attached hydrogen (secondary N) is 2. The van der Waals surface area contributed by atoms with Crippen molar-refractivity contribution >= 4 is 35.0 Å². The van der Waals surface area contributed by atoms with Crippen LogP contribution in [0.1, 0.15) is 41.0 Å². The molecule has 3 aliphatic carbocycles. The van der Waals surface area contributed by atoms with Gasteiger partial charge in [-0.2, -0.15) is 0 Å². The van der Waals surface area contributed by atoms with Crippen molar-refractivity contribution in [2.24, 2.45) is 0 Å². The van der Waals surface area contributed by atoms with E-state index in [-0.39, 0.29) is 29.5 Å². The molecule has 152 valence electrons. The van der Waals surface area contributed by atoms with E-state index in [0.717, 1.165) is 30.7 Å². The number of halogens is 2. The molecule has 2 aromatic rings. The molecule has 0 spiro atoms. The fourth-order valence-corrected chi connectivity index (χ4v) is 4.62. The SMILES string of the molecule is Cc1ccc(C(=O)NC23CC(NC(=O)COc4ccc(Cl)c(Cl)c4)(C2)C3)c(C)n1. The zero-order valence-electron chi connectivity index (χ0n) is 16.1. The van der Waals surface area contributed by atoms with Crippen molar-refractivity contribution in [2.75, 3.05) is 6.61 Å². The van der Waals surface area contributed by atoms with Crippen LogP contribution in [0.5, 0.6) is 5.75 Å². The molecule has 1 aromatic carbocycles. The van der Waals surface area contributed by atoms with Crippen LogP contribution in [-0.2, 0) is 4.79 Å². The molecule has 2 bridgehead atoms. The lowest BCUT2D eigenvalue weighted by atomic mass is 9.44. The number of carbonyl (C=O) groups excluding carboxylic acids is 2. The molecule has 0 unspecified atom stereocenters. The van der Waals surface area contributed by atoms with Crippen LogP contribution in [0.25, 0.3) is 0 Å². The highest BCUT2D eigenvalue weighted by Crippen LogP contribution is 2.60. The molecule has 0 aliphatic heterocycles. The number of amides is 2. The first-order valence-electron chi connectivity index (χ1n) is 9.35. The largest absolute Gasteiger partial charge is 0.484 e. The van der Waals surface area contributed by atoms with E-state index in [9.17, 15) is 9.59 Å². The Balaban J connectivity index is 1.26. The Hall–Kier alpha value is -2.31. The third-order valence-corrected chi connectivity index (χ3v) is 6.28. The maximum atomic E-state index is 12.6. The van der Waals surface area contributed by atoms with E-state index in [1.165, 1.54) is 0 Å². The van der Waals surface area contributed by atoms with Gasteiger partial charge in [-0.25, -0.2) is 0 Å². The van der Waals surface area contributed by atoms with Crippen molar-refractivity contribution < 1.29 is 14.3 Å². The lowest BCUT2D eigenvalue weighted by Gasteiger charge is -2.70. The maximum absolute atomic E-state index is 12.6. The van der Waals surface area contributed by atoms with E-state index in [4.69, 9.17) is 27.9 Å². The van der Waals surface area contributed by atoms with Crippen molar-refractivity contribution in [1.29, 1.82) is 0 Å². The average molecular weight is 434 g/mol. The highest BCUT2D eigenvalue weighted by Gasteiger charge is 2.69.